The maximum absolute atomic E-state index is 12.0. The van der Waals surface area contributed by atoms with Crippen molar-refractivity contribution in [3.63, 3.8) is 0 Å². The van der Waals surface area contributed by atoms with Gasteiger partial charge in [-0.2, -0.15) is 5.10 Å². The zero-order valence-corrected chi connectivity index (χ0v) is 18.6. The summed E-state index contributed by atoms with van der Waals surface area (Å²) >= 11 is 11.8. The molecular weight excluding hydrogens is 467 g/mol. The van der Waals surface area contributed by atoms with Crippen LogP contribution >= 0.6 is 23.2 Å². The molecule has 8 nitrogen and oxygen atoms in total. The monoisotopic (exact) mass is 484 g/mol. The number of anilines is 2. The molecule has 0 aliphatic heterocycles. The fourth-order valence-corrected chi connectivity index (χ4v) is 2.83. The highest BCUT2D eigenvalue weighted by molar-refractivity contribution is 6.41. The van der Waals surface area contributed by atoms with Gasteiger partial charge in [-0.25, -0.2) is 5.43 Å². The van der Waals surface area contributed by atoms with Crippen LogP contribution in [0.3, 0.4) is 0 Å². The van der Waals surface area contributed by atoms with Gasteiger partial charge in [-0.3, -0.25) is 14.4 Å². The van der Waals surface area contributed by atoms with E-state index in [0.29, 0.717) is 32.7 Å². The molecule has 3 aromatic carbocycles. The third-order valence-corrected chi connectivity index (χ3v) is 4.65. The van der Waals surface area contributed by atoms with E-state index in [9.17, 15) is 14.4 Å². The second kappa shape index (κ2) is 11.7. The molecule has 3 rings (SSSR count). The normalized spacial score (nSPS) is 10.5. The number of halogens is 2. The Balaban J connectivity index is 1.48. The van der Waals surface area contributed by atoms with E-state index >= 15 is 0 Å². The second-order valence-corrected chi connectivity index (χ2v) is 7.39. The molecule has 3 aromatic rings. The summed E-state index contributed by atoms with van der Waals surface area (Å²) in [6.45, 7) is -0.206. The number of nitrogens with one attached hydrogen (secondary N) is 3. The summed E-state index contributed by atoms with van der Waals surface area (Å²) in [5, 5.41) is 9.72. The first kappa shape index (κ1) is 23.8. The van der Waals surface area contributed by atoms with Crippen LogP contribution < -0.4 is 20.8 Å². The highest BCUT2D eigenvalue weighted by atomic mass is 35.5. The zero-order valence-electron chi connectivity index (χ0n) is 17.0. The molecule has 168 valence electrons. The molecule has 0 saturated carbocycles. The summed E-state index contributed by atoms with van der Waals surface area (Å²) in [7, 11) is 0. The number of rotatable bonds is 7. The van der Waals surface area contributed by atoms with E-state index in [2.05, 4.69) is 21.2 Å². The molecule has 0 aromatic heterocycles. The number of carbonyl (C=O) groups excluding carboxylic acids is 3. The predicted molar refractivity (Wildman–Crippen MR) is 128 cm³/mol. The number of carbonyl (C=O) groups is 3. The van der Waals surface area contributed by atoms with Crippen molar-refractivity contribution < 1.29 is 19.1 Å². The summed E-state index contributed by atoms with van der Waals surface area (Å²) in [5.74, 6) is -1.79. The number of ether oxygens (including phenoxy) is 1. The van der Waals surface area contributed by atoms with Gasteiger partial charge in [-0.05, 0) is 54.1 Å². The van der Waals surface area contributed by atoms with Gasteiger partial charge >= 0.3 is 11.8 Å². The number of para-hydroxylation sites is 1. The van der Waals surface area contributed by atoms with Gasteiger partial charge in [0.1, 0.15) is 5.75 Å². The first-order chi connectivity index (χ1) is 15.9. The molecule has 0 radical (unpaired) electrons. The number of hydrazone groups is 1. The summed E-state index contributed by atoms with van der Waals surface area (Å²) in [6, 6.07) is 19.9. The lowest BCUT2D eigenvalue weighted by Gasteiger charge is -2.08. The number of benzene rings is 3. The summed E-state index contributed by atoms with van der Waals surface area (Å²) in [4.78, 5) is 35.9. The molecule has 0 bridgehead atoms. The van der Waals surface area contributed by atoms with Crippen molar-refractivity contribution in [1.29, 1.82) is 0 Å². The SMILES string of the molecule is O=C(COc1cccc(/C=N\NC(=O)C(=O)Nc2ccccc2Cl)c1)Nc1ccc(Cl)cc1. The van der Waals surface area contributed by atoms with E-state index in [1.807, 2.05) is 0 Å². The first-order valence-electron chi connectivity index (χ1n) is 9.58. The van der Waals surface area contributed by atoms with Crippen molar-refractivity contribution in [3.05, 3.63) is 88.4 Å². The van der Waals surface area contributed by atoms with E-state index in [1.54, 1.807) is 72.8 Å². The maximum atomic E-state index is 12.0. The lowest BCUT2D eigenvalue weighted by Crippen LogP contribution is -2.32. The van der Waals surface area contributed by atoms with Gasteiger partial charge < -0.3 is 15.4 Å². The van der Waals surface area contributed by atoms with Crippen LogP contribution in [0.15, 0.2) is 77.9 Å². The van der Waals surface area contributed by atoms with Crippen LogP contribution in [0.25, 0.3) is 0 Å². The van der Waals surface area contributed by atoms with Gasteiger partial charge in [-0.15, -0.1) is 0 Å². The molecule has 0 aliphatic carbocycles. The van der Waals surface area contributed by atoms with E-state index in [0.717, 1.165) is 0 Å². The molecule has 0 atom stereocenters. The number of hydrogen-bond acceptors (Lipinski definition) is 5. The van der Waals surface area contributed by atoms with Gasteiger partial charge in [0, 0.05) is 10.7 Å². The molecule has 3 N–H and O–H groups in total. The third kappa shape index (κ3) is 7.64. The quantitative estimate of drug-likeness (QED) is 0.266. The summed E-state index contributed by atoms with van der Waals surface area (Å²) in [6.07, 6.45) is 1.33. The minimum atomic E-state index is -0.961. The van der Waals surface area contributed by atoms with Gasteiger partial charge in [0.05, 0.1) is 16.9 Å². The third-order valence-electron chi connectivity index (χ3n) is 4.06. The average Bonchev–Trinajstić information content (AvgIpc) is 2.81. The van der Waals surface area contributed by atoms with Crippen LogP contribution in [-0.2, 0) is 14.4 Å². The van der Waals surface area contributed by atoms with Crippen molar-refractivity contribution in [2.24, 2.45) is 5.10 Å². The topological polar surface area (TPSA) is 109 Å². The minimum Gasteiger partial charge on any atom is -0.484 e. The molecule has 0 spiro atoms. The van der Waals surface area contributed by atoms with Crippen molar-refractivity contribution in [2.75, 3.05) is 17.2 Å². The van der Waals surface area contributed by atoms with Gasteiger partial charge in [0.25, 0.3) is 5.91 Å². The predicted octanol–water partition coefficient (Wildman–Crippen LogP) is 4.10. The van der Waals surface area contributed by atoms with Crippen LogP contribution in [0.1, 0.15) is 5.56 Å². The molecule has 33 heavy (non-hydrogen) atoms. The van der Waals surface area contributed by atoms with Crippen molar-refractivity contribution in [1.82, 2.24) is 5.43 Å². The van der Waals surface area contributed by atoms with E-state index < -0.39 is 11.8 Å². The Morgan fingerprint density at radius 2 is 1.64 bits per heavy atom. The number of hydrogen-bond donors (Lipinski definition) is 3. The van der Waals surface area contributed by atoms with Crippen LogP contribution in [-0.4, -0.2) is 30.5 Å². The molecule has 0 heterocycles. The molecule has 10 heteroatoms. The highest BCUT2D eigenvalue weighted by Gasteiger charge is 2.14. The van der Waals surface area contributed by atoms with Crippen LogP contribution in [0.4, 0.5) is 11.4 Å². The van der Waals surface area contributed by atoms with Crippen molar-refractivity contribution in [3.8, 4) is 5.75 Å². The Morgan fingerprint density at radius 3 is 2.39 bits per heavy atom. The van der Waals surface area contributed by atoms with Crippen LogP contribution in [0.5, 0.6) is 5.75 Å². The second-order valence-electron chi connectivity index (χ2n) is 6.55. The summed E-state index contributed by atoms with van der Waals surface area (Å²) in [5.41, 5.74) is 3.63. The molecule has 3 amide bonds. The largest absolute Gasteiger partial charge is 0.484 e. The van der Waals surface area contributed by atoms with Gasteiger partial charge in [0.15, 0.2) is 6.61 Å². The number of amides is 3. The Hall–Kier alpha value is -3.88. The zero-order chi connectivity index (χ0) is 23.6. The average molecular weight is 485 g/mol. The van der Waals surface area contributed by atoms with Crippen LogP contribution in [0, 0.1) is 0 Å². The van der Waals surface area contributed by atoms with E-state index in [-0.39, 0.29) is 12.5 Å². The standard InChI is InChI=1S/C23H18Cl2N4O4/c24-16-8-10-17(11-9-16)27-21(30)14-33-18-5-3-4-15(12-18)13-26-29-23(32)22(31)28-20-7-2-1-6-19(20)25/h1-13H,14H2,(H,27,30)(H,28,31)(H,29,32)/b26-13-. The van der Waals surface area contributed by atoms with E-state index in [4.69, 9.17) is 27.9 Å². The lowest BCUT2D eigenvalue weighted by atomic mass is 10.2. The Morgan fingerprint density at radius 1 is 0.879 bits per heavy atom. The van der Waals surface area contributed by atoms with Gasteiger partial charge in [-0.1, -0.05) is 47.5 Å². The number of nitrogens with zero attached hydrogens (tertiary/aromatic N) is 1. The fourth-order valence-electron chi connectivity index (χ4n) is 2.52. The molecule has 0 aliphatic rings. The lowest BCUT2D eigenvalue weighted by molar-refractivity contribution is -0.136. The highest BCUT2D eigenvalue weighted by Crippen LogP contribution is 2.20. The van der Waals surface area contributed by atoms with Crippen LogP contribution in [0.2, 0.25) is 10.0 Å². The maximum Gasteiger partial charge on any atom is 0.329 e. The molecular formula is C23H18Cl2N4O4. The molecule has 0 saturated heterocycles. The van der Waals surface area contributed by atoms with Gasteiger partial charge in [0.2, 0.25) is 0 Å². The van der Waals surface area contributed by atoms with Crippen molar-refractivity contribution >= 4 is 58.5 Å². The first-order valence-corrected chi connectivity index (χ1v) is 10.3. The summed E-state index contributed by atoms with van der Waals surface area (Å²) < 4.78 is 5.48. The van der Waals surface area contributed by atoms with Crippen molar-refractivity contribution in [2.45, 2.75) is 0 Å². The Bertz CT molecular complexity index is 1180. The Kier molecular flexibility index (Phi) is 8.40. The Labute approximate surface area is 199 Å². The molecule has 0 fully saturated rings. The minimum absolute atomic E-state index is 0.206. The smallest absolute Gasteiger partial charge is 0.329 e. The van der Waals surface area contributed by atoms with E-state index in [1.165, 1.54) is 6.21 Å². The molecule has 0 unspecified atom stereocenters. The fraction of sp³-hybridized carbons (Fsp3) is 0.0435.